The third kappa shape index (κ3) is 3.68. The van der Waals surface area contributed by atoms with Crippen molar-refractivity contribution in [1.29, 1.82) is 0 Å². The van der Waals surface area contributed by atoms with Gasteiger partial charge in [-0.15, -0.1) is 0 Å². The van der Waals surface area contributed by atoms with E-state index in [0.29, 0.717) is 22.6 Å². The van der Waals surface area contributed by atoms with E-state index in [1.165, 1.54) is 30.6 Å². The number of halogens is 1. The molecule has 0 aromatic carbocycles. The first-order chi connectivity index (χ1) is 11.0. The second-order valence-electron chi connectivity index (χ2n) is 5.48. The van der Waals surface area contributed by atoms with Crippen molar-refractivity contribution in [3.8, 4) is 0 Å². The Morgan fingerprint density at radius 1 is 1.22 bits per heavy atom. The lowest BCUT2D eigenvalue weighted by Crippen LogP contribution is -2.16. The molecule has 0 saturated heterocycles. The summed E-state index contributed by atoms with van der Waals surface area (Å²) < 4.78 is 13.1. The summed E-state index contributed by atoms with van der Waals surface area (Å²) in [5, 5.41) is 5.32. The molecule has 2 aromatic heterocycles. The maximum atomic E-state index is 13.1. The topological polar surface area (TPSA) is 84.0 Å². The van der Waals surface area contributed by atoms with E-state index in [2.05, 4.69) is 20.6 Å². The summed E-state index contributed by atoms with van der Waals surface area (Å²) in [6.07, 6.45) is 4.48. The number of carbonyl (C=O) groups excluding carboxylic acids is 2. The normalized spacial score (nSPS) is 13.5. The number of hydrogen-bond acceptors (Lipinski definition) is 4. The predicted octanol–water partition coefficient (Wildman–Crippen LogP) is 2.52. The molecule has 3 rings (SSSR count). The van der Waals surface area contributed by atoms with Gasteiger partial charge in [-0.1, -0.05) is 0 Å². The molecule has 2 amide bonds. The van der Waals surface area contributed by atoms with Crippen LogP contribution in [-0.4, -0.2) is 21.8 Å². The quantitative estimate of drug-likeness (QED) is 0.849. The minimum atomic E-state index is -0.572. The van der Waals surface area contributed by atoms with Crippen molar-refractivity contribution in [2.45, 2.75) is 19.8 Å². The Balaban J connectivity index is 1.71. The standard InChI is InChI=1S/C16H15FN4O2/c1-9-6-12(8-19-14(9)17)20-16(23)11-4-5-18-13(7-11)21-15(22)10-2-3-10/h4-8,10H,2-3H2,1H3,(H,20,23)(H,18,21,22). The van der Waals surface area contributed by atoms with E-state index < -0.39 is 5.95 Å². The van der Waals surface area contributed by atoms with Crippen LogP contribution in [0.1, 0.15) is 28.8 Å². The summed E-state index contributed by atoms with van der Waals surface area (Å²) in [6.45, 7) is 1.57. The van der Waals surface area contributed by atoms with E-state index in [1.807, 2.05) is 0 Å². The Hall–Kier alpha value is -2.83. The molecule has 0 radical (unpaired) electrons. The molecule has 2 aromatic rings. The average molecular weight is 314 g/mol. The average Bonchev–Trinajstić information content (AvgIpc) is 3.36. The number of nitrogens with zero attached hydrogens (tertiary/aromatic N) is 2. The summed E-state index contributed by atoms with van der Waals surface area (Å²) >= 11 is 0. The van der Waals surface area contributed by atoms with Gasteiger partial charge in [0.15, 0.2) is 0 Å². The Bertz CT molecular complexity index is 774. The van der Waals surface area contributed by atoms with Crippen molar-refractivity contribution >= 4 is 23.3 Å². The van der Waals surface area contributed by atoms with Crippen LogP contribution in [-0.2, 0) is 4.79 Å². The molecule has 7 heteroatoms. The predicted molar refractivity (Wildman–Crippen MR) is 82.5 cm³/mol. The Labute approximate surface area is 132 Å². The highest BCUT2D eigenvalue weighted by molar-refractivity contribution is 6.05. The zero-order valence-electron chi connectivity index (χ0n) is 12.5. The van der Waals surface area contributed by atoms with Crippen LogP contribution in [0.25, 0.3) is 0 Å². The number of pyridine rings is 2. The molecule has 118 valence electrons. The third-order valence-electron chi connectivity index (χ3n) is 3.49. The smallest absolute Gasteiger partial charge is 0.255 e. The van der Waals surface area contributed by atoms with Crippen LogP contribution >= 0.6 is 0 Å². The Morgan fingerprint density at radius 3 is 2.70 bits per heavy atom. The summed E-state index contributed by atoms with van der Waals surface area (Å²) in [4.78, 5) is 31.5. The SMILES string of the molecule is Cc1cc(NC(=O)c2ccnc(NC(=O)C3CC3)c2)cnc1F. The maximum absolute atomic E-state index is 13.1. The number of anilines is 2. The van der Waals surface area contributed by atoms with E-state index in [0.717, 1.165) is 12.8 Å². The maximum Gasteiger partial charge on any atom is 0.255 e. The van der Waals surface area contributed by atoms with Gasteiger partial charge in [0.1, 0.15) is 5.82 Å². The van der Waals surface area contributed by atoms with Gasteiger partial charge >= 0.3 is 0 Å². The molecule has 1 fully saturated rings. The van der Waals surface area contributed by atoms with Crippen LogP contribution in [0, 0.1) is 18.8 Å². The molecule has 2 heterocycles. The third-order valence-corrected chi connectivity index (χ3v) is 3.49. The van der Waals surface area contributed by atoms with Gasteiger partial charge in [0.2, 0.25) is 11.9 Å². The van der Waals surface area contributed by atoms with Gasteiger partial charge in [-0.2, -0.15) is 4.39 Å². The summed E-state index contributed by atoms with van der Waals surface area (Å²) in [6, 6.07) is 4.53. The molecule has 23 heavy (non-hydrogen) atoms. The number of carbonyl (C=O) groups is 2. The van der Waals surface area contributed by atoms with E-state index in [4.69, 9.17) is 0 Å². The number of hydrogen-bond donors (Lipinski definition) is 2. The molecule has 0 aliphatic heterocycles. The number of aromatic nitrogens is 2. The molecule has 6 nitrogen and oxygen atoms in total. The number of aryl methyl sites for hydroxylation is 1. The van der Waals surface area contributed by atoms with Gasteiger partial charge in [-0.25, -0.2) is 9.97 Å². The van der Waals surface area contributed by atoms with Gasteiger partial charge in [0.25, 0.3) is 5.91 Å². The summed E-state index contributed by atoms with van der Waals surface area (Å²) in [5.41, 5.74) is 1.08. The Kier molecular flexibility index (Phi) is 4.01. The molecule has 1 aliphatic rings. The molecule has 1 aliphatic carbocycles. The molecule has 0 spiro atoms. The fourth-order valence-electron chi connectivity index (χ4n) is 2.04. The molecule has 0 unspecified atom stereocenters. The summed E-state index contributed by atoms with van der Waals surface area (Å²) in [5.74, 6) is -0.641. The van der Waals surface area contributed by atoms with Crippen LogP contribution in [0.3, 0.4) is 0 Å². The van der Waals surface area contributed by atoms with E-state index >= 15 is 0 Å². The van der Waals surface area contributed by atoms with Crippen molar-refractivity contribution in [3.63, 3.8) is 0 Å². The van der Waals surface area contributed by atoms with Gasteiger partial charge in [-0.05, 0) is 38.0 Å². The zero-order valence-corrected chi connectivity index (χ0v) is 12.5. The van der Waals surface area contributed by atoms with E-state index in [-0.39, 0.29) is 17.7 Å². The number of nitrogens with one attached hydrogen (secondary N) is 2. The van der Waals surface area contributed by atoms with Crippen LogP contribution in [0.2, 0.25) is 0 Å². The van der Waals surface area contributed by atoms with Crippen molar-refractivity contribution in [1.82, 2.24) is 9.97 Å². The molecule has 0 atom stereocenters. The first-order valence-electron chi connectivity index (χ1n) is 7.23. The molecule has 0 bridgehead atoms. The highest BCUT2D eigenvalue weighted by atomic mass is 19.1. The number of rotatable bonds is 4. The monoisotopic (exact) mass is 314 g/mol. The van der Waals surface area contributed by atoms with Gasteiger partial charge < -0.3 is 10.6 Å². The zero-order chi connectivity index (χ0) is 16.4. The largest absolute Gasteiger partial charge is 0.321 e. The minimum absolute atomic E-state index is 0.0579. The lowest BCUT2D eigenvalue weighted by atomic mass is 10.2. The van der Waals surface area contributed by atoms with Gasteiger partial charge in [0, 0.05) is 23.2 Å². The molecule has 1 saturated carbocycles. The van der Waals surface area contributed by atoms with Crippen molar-refractivity contribution in [3.05, 3.63) is 47.7 Å². The minimum Gasteiger partial charge on any atom is -0.321 e. The van der Waals surface area contributed by atoms with Crippen LogP contribution in [0.5, 0.6) is 0 Å². The lowest BCUT2D eigenvalue weighted by Gasteiger charge is -2.08. The Morgan fingerprint density at radius 2 is 2.00 bits per heavy atom. The number of amides is 2. The molecular weight excluding hydrogens is 299 g/mol. The van der Waals surface area contributed by atoms with Crippen LogP contribution in [0.4, 0.5) is 15.9 Å². The van der Waals surface area contributed by atoms with Crippen molar-refractivity contribution in [2.75, 3.05) is 10.6 Å². The van der Waals surface area contributed by atoms with Crippen molar-refractivity contribution in [2.24, 2.45) is 5.92 Å². The van der Waals surface area contributed by atoms with E-state index in [9.17, 15) is 14.0 Å². The highest BCUT2D eigenvalue weighted by Gasteiger charge is 2.29. The second kappa shape index (κ2) is 6.12. The van der Waals surface area contributed by atoms with Crippen LogP contribution in [0.15, 0.2) is 30.6 Å². The van der Waals surface area contributed by atoms with E-state index in [1.54, 1.807) is 6.92 Å². The molecular formula is C16H15FN4O2. The van der Waals surface area contributed by atoms with Crippen LogP contribution < -0.4 is 10.6 Å². The second-order valence-corrected chi connectivity index (χ2v) is 5.48. The fourth-order valence-corrected chi connectivity index (χ4v) is 2.04. The van der Waals surface area contributed by atoms with Gasteiger partial charge in [-0.3, -0.25) is 9.59 Å². The molecule has 2 N–H and O–H groups in total. The highest BCUT2D eigenvalue weighted by Crippen LogP contribution is 2.30. The summed E-state index contributed by atoms with van der Waals surface area (Å²) in [7, 11) is 0. The lowest BCUT2D eigenvalue weighted by molar-refractivity contribution is -0.117. The fraction of sp³-hybridized carbons (Fsp3) is 0.250. The first-order valence-corrected chi connectivity index (χ1v) is 7.23. The van der Waals surface area contributed by atoms with Gasteiger partial charge in [0.05, 0.1) is 11.9 Å². The van der Waals surface area contributed by atoms with Crippen molar-refractivity contribution < 1.29 is 14.0 Å². The first kappa shape index (κ1) is 15.1.